The summed E-state index contributed by atoms with van der Waals surface area (Å²) in [5, 5.41) is 1.49. The van der Waals surface area contributed by atoms with Gasteiger partial charge in [0.1, 0.15) is 11.8 Å². The van der Waals surface area contributed by atoms with Crippen LogP contribution in [0.5, 0.6) is 5.75 Å². The van der Waals surface area contributed by atoms with Crippen LogP contribution in [-0.2, 0) is 0 Å². The summed E-state index contributed by atoms with van der Waals surface area (Å²) in [5.41, 5.74) is 5.30. The molecular weight excluding hydrogens is 279 g/mol. The normalized spacial score (nSPS) is 13.4. The number of hydrogen-bond donors (Lipinski definition) is 1. The van der Waals surface area contributed by atoms with Crippen LogP contribution < -0.4 is 10.5 Å². The molecule has 1 atom stereocenters. The Morgan fingerprint density at radius 1 is 1.19 bits per heavy atom. The van der Waals surface area contributed by atoms with Crippen molar-refractivity contribution in [2.24, 2.45) is 5.73 Å². The fraction of sp³-hybridized carbons (Fsp3) is 0.375. The number of unbranched alkanes of at least 4 members (excludes halogenated alkanes) is 1. The SMILES string of the molecule is CCCCOc1cccc2cc([C@H](N)C(F)(F)F)ccc12. The van der Waals surface area contributed by atoms with Crippen molar-refractivity contribution < 1.29 is 17.9 Å². The van der Waals surface area contributed by atoms with Crippen molar-refractivity contribution >= 4 is 10.8 Å². The highest BCUT2D eigenvalue weighted by atomic mass is 19.4. The van der Waals surface area contributed by atoms with Gasteiger partial charge in [-0.1, -0.05) is 37.6 Å². The molecule has 2 rings (SSSR count). The first-order valence-corrected chi connectivity index (χ1v) is 6.91. The molecule has 21 heavy (non-hydrogen) atoms. The molecule has 0 bridgehead atoms. The predicted octanol–water partition coefficient (Wildman–Crippen LogP) is 4.58. The minimum Gasteiger partial charge on any atom is -0.493 e. The molecule has 0 radical (unpaired) electrons. The van der Waals surface area contributed by atoms with E-state index in [1.165, 1.54) is 12.1 Å². The first kappa shape index (κ1) is 15.6. The van der Waals surface area contributed by atoms with Gasteiger partial charge in [-0.05, 0) is 29.5 Å². The van der Waals surface area contributed by atoms with E-state index in [-0.39, 0.29) is 5.56 Å². The van der Waals surface area contributed by atoms with Gasteiger partial charge in [-0.25, -0.2) is 0 Å². The van der Waals surface area contributed by atoms with E-state index in [0.717, 1.165) is 18.2 Å². The molecule has 0 saturated heterocycles. The Morgan fingerprint density at radius 2 is 1.95 bits per heavy atom. The number of rotatable bonds is 5. The van der Waals surface area contributed by atoms with Crippen LogP contribution in [0.25, 0.3) is 10.8 Å². The second-order valence-electron chi connectivity index (χ2n) is 4.96. The third kappa shape index (κ3) is 3.67. The third-order valence-corrected chi connectivity index (χ3v) is 3.33. The predicted molar refractivity (Wildman–Crippen MR) is 77.3 cm³/mol. The fourth-order valence-electron chi connectivity index (χ4n) is 2.11. The minimum atomic E-state index is -4.44. The van der Waals surface area contributed by atoms with E-state index < -0.39 is 12.2 Å². The summed E-state index contributed by atoms with van der Waals surface area (Å²) < 4.78 is 43.7. The Hall–Kier alpha value is -1.75. The second-order valence-corrected chi connectivity index (χ2v) is 4.96. The molecule has 0 saturated carbocycles. The van der Waals surface area contributed by atoms with Crippen LogP contribution in [0, 0.1) is 0 Å². The molecule has 0 aliphatic carbocycles. The Morgan fingerprint density at radius 3 is 2.62 bits per heavy atom. The second kappa shape index (κ2) is 6.35. The lowest BCUT2D eigenvalue weighted by atomic mass is 10.0. The van der Waals surface area contributed by atoms with Crippen molar-refractivity contribution in [2.45, 2.75) is 32.0 Å². The molecule has 2 N–H and O–H groups in total. The zero-order chi connectivity index (χ0) is 15.5. The molecule has 0 fully saturated rings. The van der Waals surface area contributed by atoms with Crippen molar-refractivity contribution in [1.82, 2.24) is 0 Å². The molecule has 0 unspecified atom stereocenters. The maximum Gasteiger partial charge on any atom is 0.407 e. The van der Waals surface area contributed by atoms with Crippen molar-refractivity contribution in [3.05, 3.63) is 42.0 Å². The molecule has 0 spiro atoms. The van der Waals surface area contributed by atoms with Gasteiger partial charge < -0.3 is 10.5 Å². The monoisotopic (exact) mass is 297 g/mol. The average molecular weight is 297 g/mol. The highest BCUT2D eigenvalue weighted by Gasteiger charge is 2.37. The first-order valence-electron chi connectivity index (χ1n) is 6.91. The van der Waals surface area contributed by atoms with Gasteiger partial charge in [0.2, 0.25) is 0 Å². The smallest absolute Gasteiger partial charge is 0.407 e. The lowest BCUT2D eigenvalue weighted by Gasteiger charge is -2.17. The molecule has 0 amide bonds. The molecule has 0 aromatic heterocycles. The van der Waals surface area contributed by atoms with E-state index in [2.05, 4.69) is 6.92 Å². The van der Waals surface area contributed by atoms with Gasteiger partial charge in [-0.15, -0.1) is 0 Å². The number of alkyl halides is 3. The van der Waals surface area contributed by atoms with E-state index in [1.54, 1.807) is 18.2 Å². The molecule has 114 valence electrons. The standard InChI is InChI=1S/C16H18F3NO/c1-2-3-9-21-14-6-4-5-11-10-12(7-8-13(11)14)15(20)16(17,18)19/h4-8,10,15H,2-3,9,20H2,1H3/t15-/m0/s1. The fourth-order valence-corrected chi connectivity index (χ4v) is 2.11. The number of halogens is 3. The molecular formula is C16H18F3NO. The Labute approximate surface area is 121 Å². The summed E-state index contributed by atoms with van der Waals surface area (Å²) in [6.07, 6.45) is -2.48. The molecule has 2 aromatic carbocycles. The van der Waals surface area contributed by atoms with E-state index >= 15 is 0 Å². The number of fused-ring (bicyclic) bond motifs is 1. The zero-order valence-electron chi connectivity index (χ0n) is 11.8. The zero-order valence-corrected chi connectivity index (χ0v) is 11.8. The van der Waals surface area contributed by atoms with Crippen molar-refractivity contribution in [1.29, 1.82) is 0 Å². The van der Waals surface area contributed by atoms with Gasteiger partial charge >= 0.3 is 6.18 Å². The van der Waals surface area contributed by atoms with Gasteiger partial charge in [-0.2, -0.15) is 13.2 Å². The van der Waals surface area contributed by atoms with Gasteiger partial charge in [0.15, 0.2) is 0 Å². The largest absolute Gasteiger partial charge is 0.493 e. The first-order chi connectivity index (χ1) is 9.93. The summed E-state index contributed by atoms with van der Waals surface area (Å²) in [7, 11) is 0. The van der Waals surface area contributed by atoms with E-state index in [4.69, 9.17) is 10.5 Å². The summed E-state index contributed by atoms with van der Waals surface area (Å²) >= 11 is 0. The number of benzene rings is 2. The molecule has 2 nitrogen and oxygen atoms in total. The molecule has 0 aliphatic heterocycles. The van der Waals surface area contributed by atoms with Gasteiger partial charge in [-0.3, -0.25) is 0 Å². The van der Waals surface area contributed by atoms with Crippen LogP contribution in [0.15, 0.2) is 36.4 Å². The Kier molecular flexibility index (Phi) is 4.73. The molecule has 5 heteroatoms. The Bertz CT molecular complexity index is 610. The molecule has 0 aliphatic rings. The lowest BCUT2D eigenvalue weighted by Crippen LogP contribution is -2.28. The number of hydrogen-bond acceptors (Lipinski definition) is 2. The summed E-state index contributed by atoms with van der Waals surface area (Å²) in [5.74, 6) is 0.688. The summed E-state index contributed by atoms with van der Waals surface area (Å²) in [6, 6.07) is 7.90. The number of ether oxygens (including phenoxy) is 1. The maximum atomic E-state index is 12.7. The average Bonchev–Trinajstić information content (AvgIpc) is 2.45. The molecule has 0 heterocycles. The highest BCUT2D eigenvalue weighted by Crippen LogP contribution is 2.33. The van der Waals surface area contributed by atoms with Crippen LogP contribution in [-0.4, -0.2) is 12.8 Å². The van der Waals surface area contributed by atoms with Crippen LogP contribution in [0.4, 0.5) is 13.2 Å². The molecule has 2 aromatic rings. The van der Waals surface area contributed by atoms with Crippen LogP contribution in [0.1, 0.15) is 31.4 Å². The van der Waals surface area contributed by atoms with Crippen LogP contribution in [0.2, 0.25) is 0 Å². The van der Waals surface area contributed by atoms with Crippen LogP contribution >= 0.6 is 0 Å². The minimum absolute atomic E-state index is 0.0562. The van der Waals surface area contributed by atoms with E-state index in [9.17, 15) is 13.2 Å². The van der Waals surface area contributed by atoms with Crippen molar-refractivity contribution in [3.63, 3.8) is 0 Å². The topological polar surface area (TPSA) is 35.2 Å². The quantitative estimate of drug-likeness (QED) is 0.820. The third-order valence-electron chi connectivity index (χ3n) is 3.33. The maximum absolute atomic E-state index is 12.7. The van der Waals surface area contributed by atoms with Gasteiger partial charge in [0.25, 0.3) is 0 Å². The van der Waals surface area contributed by atoms with Gasteiger partial charge in [0.05, 0.1) is 6.61 Å². The lowest BCUT2D eigenvalue weighted by molar-refractivity contribution is -0.149. The highest BCUT2D eigenvalue weighted by molar-refractivity contribution is 5.88. The summed E-state index contributed by atoms with van der Waals surface area (Å²) in [4.78, 5) is 0. The number of nitrogens with two attached hydrogens (primary N) is 1. The van der Waals surface area contributed by atoms with Gasteiger partial charge in [0, 0.05) is 5.39 Å². The van der Waals surface area contributed by atoms with Crippen molar-refractivity contribution in [3.8, 4) is 5.75 Å². The van der Waals surface area contributed by atoms with E-state index in [0.29, 0.717) is 17.7 Å². The van der Waals surface area contributed by atoms with Crippen molar-refractivity contribution in [2.75, 3.05) is 6.61 Å². The van der Waals surface area contributed by atoms with E-state index in [1.807, 2.05) is 6.07 Å². The summed E-state index contributed by atoms with van der Waals surface area (Å²) in [6.45, 7) is 2.66. The Balaban J connectivity index is 2.32. The van der Waals surface area contributed by atoms with Crippen LogP contribution in [0.3, 0.4) is 0 Å².